The van der Waals surface area contributed by atoms with Gasteiger partial charge in [0.1, 0.15) is 19.3 Å². The van der Waals surface area contributed by atoms with E-state index < -0.39 is 18.1 Å². The number of carbonyl (C=O) groups is 2. The van der Waals surface area contributed by atoms with Crippen molar-refractivity contribution >= 4 is 12.1 Å². The summed E-state index contributed by atoms with van der Waals surface area (Å²) in [6.07, 6.45) is 2.65. The normalized spacial score (nSPS) is 13.6. The highest BCUT2D eigenvalue weighted by molar-refractivity contribution is 5.83. The van der Waals surface area contributed by atoms with E-state index in [1.807, 2.05) is 73.7 Å². The zero-order valence-electron chi connectivity index (χ0n) is 20.5. The van der Waals surface area contributed by atoms with Crippen LogP contribution in [0.5, 0.6) is 0 Å². The molecule has 186 valence electrons. The second kappa shape index (κ2) is 11.1. The van der Waals surface area contributed by atoms with Crippen LogP contribution in [-0.2, 0) is 20.9 Å². The van der Waals surface area contributed by atoms with Gasteiger partial charge in [0, 0.05) is 24.2 Å². The highest BCUT2D eigenvalue weighted by atomic mass is 16.6. The standard InChI is InChI=1S/C31H28N2O4/c1-21(23-15-17-32-18-16-23)29(30(34)36-19-22-9-3-2-4-10-22)33-31(35)37-20-28-26-13-7-5-11-24(26)25-12-6-8-14-27(25)28/h2-18,21,28-29H,19-20H2,1H3,(H,33,35)/t21-,29+/m1/s1. The van der Waals surface area contributed by atoms with Gasteiger partial charge in [0.25, 0.3) is 0 Å². The van der Waals surface area contributed by atoms with Crippen molar-refractivity contribution in [3.8, 4) is 11.1 Å². The molecule has 2 atom stereocenters. The predicted octanol–water partition coefficient (Wildman–Crippen LogP) is 5.84. The molecule has 0 unspecified atom stereocenters. The van der Waals surface area contributed by atoms with Crippen LogP contribution in [0.25, 0.3) is 11.1 Å². The molecule has 0 spiro atoms. The number of nitrogens with zero attached hydrogens (tertiary/aromatic N) is 1. The van der Waals surface area contributed by atoms with Crippen LogP contribution >= 0.6 is 0 Å². The number of amides is 1. The molecule has 5 rings (SSSR count). The first-order valence-corrected chi connectivity index (χ1v) is 12.3. The number of carbonyl (C=O) groups excluding carboxylic acids is 2. The summed E-state index contributed by atoms with van der Waals surface area (Å²) < 4.78 is 11.3. The molecule has 6 nitrogen and oxygen atoms in total. The lowest BCUT2D eigenvalue weighted by Crippen LogP contribution is -2.45. The zero-order valence-corrected chi connectivity index (χ0v) is 20.5. The van der Waals surface area contributed by atoms with Gasteiger partial charge in [-0.15, -0.1) is 0 Å². The van der Waals surface area contributed by atoms with Crippen molar-refractivity contribution in [1.29, 1.82) is 0 Å². The zero-order chi connectivity index (χ0) is 25.6. The minimum Gasteiger partial charge on any atom is -0.459 e. The lowest BCUT2D eigenvalue weighted by Gasteiger charge is -2.24. The maximum absolute atomic E-state index is 13.1. The Labute approximate surface area is 216 Å². The average Bonchev–Trinajstić information content (AvgIpc) is 3.28. The lowest BCUT2D eigenvalue weighted by atomic mass is 9.94. The molecule has 0 saturated carbocycles. The lowest BCUT2D eigenvalue weighted by molar-refractivity contribution is -0.148. The van der Waals surface area contributed by atoms with Crippen molar-refractivity contribution in [3.63, 3.8) is 0 Å². The molecule has 1 amide bonds. The predicted molar refractivity (Wildman–Crippen MR) is 141 cm³/mol. The Morgan fingerprint density at radius 1 is 0.811 bits per heavy atom. The summed E-state index contributed by atoms with van der Waals surface area (Å²) in [4.78, 5) is 30.2. The van der Waals surface area contributed by atoms with Crippen molar-refractivity contribution in [2.45, 2.75) is 31.4 Å². The van der Waals surface area contributed by atoms with Gasteiger partial charge in [-0.3, -0.25) is 4.98 Å². The largest absolute Gasteiger partial charge is 0.459 e. The Hall–Kier alpha value is -4.45. The first-order chi connectivity index (χ1) is 18.1. The molecule has 0 aliphatic heterocycles. The molecule has 1 aliphatic carbocycles. The highest BCUT2D eigenvalue weighted by Gasteiger charge is 2.32. The SMILES string of the molecule is C[C@H](c1ccncc1)[C@H](NC(=O)OCC1c2ccccc2-c2ccccc21)C(=O)OCc1ccccc1. The number of hydrogen-bond acceptors (Lipinski definition) is 5. The van der Waals surface area contributed by atoms with Gasteiger partial charge in [0.15, 0.2) is 0 Å². The van der Waals surface area contributed by atoms with E-state index in [4.69, 9.17) is 9.47 Å². The molecule has 0 bridgehead atoms. The van der Waals surface area contributed by atoms with E-state index in [1.165, 1.54) is 0 Å². The summed E-state index contributed by atoms with van der Waals surface area (Å²) in [6, 6.07) is 28.5. The summed E-state index contributed by atoms with van der Waals surface area (Å²) in [5.74, 6) is -0.951. The molecule has 1 N–H and O–H groups in total. The Kier molecular flexibility index (Phi) is 7.26. The molecule has 0 fully saturated rings. The summed E-state index contributed by atoms with van der Waals surface area (Å²) in [7, 11) is 0. The molecular formula is C31H28N2O4. The Morgan fingerprint density at radius 3 is 2.05 bits per heavy atom. The van der Waals surface area contributed by atoms with E-state index in [2.05, 4.69) is 34.6 Å². The van der Waals surface area contributed by atoms with Crippen molar-refractivity contribution in [3.05, 3.63) is 126 Å². The molecule has 0 radical (unpaired) electrons. The monoisotopic (exact) mass is 492 g/mol. The number of hydrogen-bond donors (Lipinski definition) is 1. The quantitative estimate of drug-likeness (QED) is 0.313. The van der Waals surface area contributed by atoms with Crippen LogP contribution in [0.2, 0.25) is 0 Å². The number of pyridine rings is 1. The maximum atomic E-state index is 13.1. The first-order valence-electron chi connectivity index (χ1n) is 12.3. The van der Waals surface area contributed by atoms with Gasteiger partial charge < -0.3 is 14.8 Å². The number of ether oxygens (including phenoxy) is 2. The smallest absolute Gasteiger partial charge is 0.407 e. The van der Waals surface area contributed by atoms with Gasteiger partial charge >= 0.3 is 12.1 Å². The van der Waals surface area contributed by atoms with E-state index in [1.54, 1.807) is 12.4 Å². The molecular weight excluding hydrogens is 464 g/mol. The van der Waals surface area contributed by atoms with Crippen molar-refractivity contribution in [1.82, 2.24) is 10.3 Å². The molecule has 1 aromatic heterocycles. The first kappa shape index (κ1) is 24.3. The average molecular weight is 493 g/mol. The van der Waals surface area contributed by atoms with Crippen LogP contribution in [-0.4, -0.2) is 29.7 Å². The van der Waals surface area contributed by atoms with E-state index in [0.29, 0.717) is 0 Å². The van der Waals surface area contributed by atoms with Gasteiger partial charge in [-0.05, 0) is 45.5 Å². The van der Waals surface area contributed by atoms with Crippen molar-refractivity contribution in [2.24, 2.45) is 0 Å². The second-order valence-corrected chi connectivity index (χ2v) is 9.11. The Balaban J connectivity index is 1.29. The third-order valence-corrected chi connectivity index (χ3v) is 6.83. The van der Waals surface area contributed by atoms with Crippen LogP contribution in [0.4, 0.5) is 4.79 Å². The third-order valence-electron chi connectivity index (χ3n) is 6.83. The maximum Gasteiger partial charge on any atom is 0.407 e. The number of rotatable bonds is 8. The molecule has 1 aliphatic rings. The molecule has 4 aromatic rings. The van der Waals surface area contributed by atoms with Crippen molar-refractivity contribution in [2.75, 3.05) is 6.61 Å². The minimum atomic E-state index is -0.929. The van der Waals surface area contributed by atoms with Gasteiger partial charge in [0.05, 0.1) is 0 Å². The topological polar surface area (TPSA) is 77.5 Å². The number of nitrogens with one attached hydrogen (secondary N) is 1. The summed E-state index contributed by atoms with van der Waals surface area (Å²) >= 11 is 0. The van der Waals surface area contributed by atoms with E-state index in [9.17, 15) is 9.59 Å². The van der Waals surface area contributed by atoms with Crippen LogP contribution < -0.4 is 5.32 Å². The van der Waals surface area contributed by atoms with E-state index in [-0.39, 0.29) is 25.0 Å². The fourth-order valence-electron chi connectivity index (χ4n) is 4.83. The van der Waals surface area contributed by atoms with Gasteiger partial charge in [-0.2, -0.15) is 0 Å². The number of alkyl carbamates (subject to hydrolysis) is 1. The Bertz CT molecular complexity index is 1330. The molecule has 3 aromatic carbocycles. The minimum absolute atomic E-state index is 0.0701. The number of esters is 1. The number of fused-ring (bicyclic) bond motifs is 3. The van der Waals surface area contributed by atoms with Gasteiger partial charge in [0.2, 0.25) is 0 Å². The molecule has 6 heteroatoms. The summed E-state index contributed by atoms with van der Waals surface area (Å²) in [5.41, 5.74) is 6.28. The van der Waals surface area contributed by atoms with E-state index in [0.717, 1.165) is 33.4 Å². The highest BCUT2D eigenvalue weighted by Crippen LogP contribution is 2.44. The summed E-state index contributed by atoms with van der Waals surface area (Å²) in [5, 5.41) is 2.77. The fourth-order valence-corrected chi connectivity index (χ4v) is 4.83. The Morgan fingerprint density at radius 2 is 1.41 bits per heavy atom. The molecule has 0 saturated heterocycles. The van der Waals surface area contributed by atoms with Crippen LogP contribution in [0, 0.1) is 0 Å². The van der Waals surface area contributed by atoms with E-state index >= 15 is 0 Å². The third kappa shape index (κ3) is 5.38. The van der Waals surface area contributed by atoms with Crippen LogP contribution in [0.15, 0.2) is 103 Å². The number of aromatic nitrogens is 1. The second-order valence-electron chi connectivity index (χ2n) is 9.11. The van der Waals surface area contributed by atoms with Gasteiger partial charge in [-0.1, -0.05) is 85.8 Å². The van der Waals surface area contributed by atoms with Gasteiger partial charge in [-0.25, -0.2) is 9.59 Å². The van der Waals surface area contributed by atoms with Crippen LogP contribution in [0.1, 0.15) is 41.0 Å². The molecule has 37 heavy (non-hydrogen) atoms. The van der Waals surface area contributed by atoms with Crippen molar-refractivity contribution < 1.29 is 19.1 Å². The number of benzene rings is 3. The summed E-state index contributed by atoms with van der Waals surface area (Å²) in [6.45, 7) is 2.15. The molecule has 1 heterocycles. The fraction of sp³-hybridized carbons (Fsp3) is 0.194. The van der Waals surface area contributed by atoms with Crippen LogP contribution in [0.3, 0.4) is 0 Å².